The Morgan fingerprint density at radius 3 is 0.923 bits per heavy atom. The van der Waals surface area contributed by atoms with Crippen LogP contribution in [0.1, 0.15) is 62.3 Å². The van der Waals surface area contributed by atoms with Crippen molar-refractivity contribution < 1.29 is 13.2 Å². The Labute approximate surface area is 164 Å². The summed E-state index contributed by atoms with van der Waals surface area (Å²) in [5.41, 5.74) is 2.91. The van der Waals surface area contributed by atoms with Crippen LogP contribution in [0.5, 0.6) is 0 Å². The van der Waals surface area contributed by atoms with Gasteiger partial charge in [0, 0.05) is 0 Å². The average Bonchev–Trinajstić information content (AvgIpc) is 2.81. The number of alkyl halides is 5. The first kappa shape index (κ1) is 21.6. The lowest BCUT2D eigenvalue weighted by atomic mass is 9.59. The maximum atomic E-state index is 14.8. The summed E-state index contributed by atoms with van der Waals surface area (Å²) in [4.78, 5) is -3.48. The van der Waals surface area contributed by atoms with Gasteiger partial charge in [-0.1, -0.05) is 0 Å². The van der Waals surface area contributed by atoms with E-state index in [0.717, 1.165) is 22.3 Å². The molecule has 0 unspecified atom stereocenters. The normalized spacial score (nSPS) is 23.8. The van der Waals surface area contributed by atoms with Gasteiger partial charge in [-0.25, -0.2) is 0 Å². The molecule has 0 heterocycles. The van der Waals surface area contributed by atoms with Crippen molar-refractivity contribution in [3.05, 3.63) is 44.6 Å². The van der Waals surface area contributed by atoms with Gasteiger partial charge in [0.1, 0.15) is 15.2 Å². The van der Waals surface area contributed by atoms with Crippen molar-refractivity contribution in [2.24, 2.45) is 5.41 Å². The summed E-state index contributed by atoms with van der Waals surface area (Å²) in [6.07, 6.45) is -4.63. The molecule has 0 fully saturated rings. The van der Waals surface area contributed by atoms with E-state index in [1.165, 1.54) is 6.92 Å². The van der Waals surface area contributed by atoms with Crippen LogP contribution in [0, 0.1) is 5.41 Å². The summed E-state index contributed by atoms with van der Waals surface area (Å²) in [6, 6.07) is 0. The first-order valence-corrected chi connectivity index (χ1v) is 9.45. The highest BCUT2D eigenvalue weighted by Crippen LogP contribution is 2.70. The topological polar surface area (TPSA) is 0 Å². The van der Waals surface area contributed by atoms with Crippen LogP contribution < -0.4 is 0 Å². The second-order valence-corrected chi connectivity index (χ2v) is 9.07. The SMILES string of the molecule is CC1=C(C)C(Cl)(C(C)(C(F)(F)F)C2(Cl)C(C)=C(C)C(C)=C2C)C(C)=C1C. The Hall–Kier alpha value is -0.670. The van der Waals surface area contributed by atoms with E-state index in [1.807, 2.05) is 27.7 Å². The lowest BCUT2D eigenvalue weighted by Gasteiger charge is -2.54. The molecule has 26 heavy (non-hydrogen) atoms. The molecule has 0 aromatic carbocycles. The van der Waals surface area contributed by atoms with Crippen molar-refractivity contribution in [3.63, 3.8) is 0 Å². The Morgan fingerprint density at radius 1 is 0.577 bits per heavy atom. The molecule has 146 valence electrons. The smallest absolute Gasteiger partial charge is 0.170 e. The average molecular weight is 407 g/mol. The largest absolute Gasteiger partial charge is 0.398 e. The molecule has 0 nitrogen and oxygen atoms in total. The molecule has 0 aromatic rings. The number of rotatable bonds is 2. The standard InChI is InChI=1S/C21H27Cl2F3/c1-10-11(2)15(6)19(22,14(10)5)18(9,21(24,25)26)20(23)16(7)12(3)13(4)17(20)8/h1-9H3. The molecular weight excluding hydrogens is 380 g/mol. The summed E-state index contributed by atoms with van der Waals surface area (Å²) >= 11 is 14.0. The monoisotopic (exact) mass is 406 g/mol. The van der Waals surface area contributed by atoms with Crippen LogP contribution in [-0.2, 0) is 0 Å². The van der Waals surface area contributed by atoms with Gasteiger partial charge in [-0.05, 0) is 107 Å². The van der Waals surface area contributed by atoms with Crippen molar-refractivity contribution in [2.45, 2.75) is 78.2 Å². The Bertz CT molecular complexity index is 698. The lowest BCUT2D eigenvalue weighted by molar-refractivity contribution is -0.230. The Kier molecular flexibility index (Phi) is 4.92. The summed E-state index contributed by atoms with van der Waals surface area (Å²) in [6.45, 7) is 15.3. The Morgan fingerprint density at radius 2 is 0.769 bits per heavy atom. The molecular formula is C21H27Cl2F3. The molecule has 2 aliphatic rings. The molecule has 2 rings (SSSR count). The van der Waals surface area contributed by atoms with Crippen LogP contribution in [0.15, 0.2) is 44.6 Å². The van der Waals surface area contributed by atoms with E-state index < -0.39 is 21.3 Å². The van der Waals surface area contributed by atoms with Gasteiger partial charge in [0.25, 0.3) is 0 Å². The summed E-state index contributed by atoms with van der Waals surface area (Å²) in [7, 11) is 0. The van der Waals surface area contributed by atoms with Crippen molar-refractivity contribution in [1.82, 2.24) is 0 Å². The molecule has 5 heteroatoms. The molecule has 2 aliphatic carbocycles. The molecule has 0 atom stereocenters. The summed E-state index contributed by atoms with van der Waals surface area (Å²) < 4.78 is 44.5. The van der Waals surface area contributed by atoms with Crippen molar-refractivity contribution in [3.8, 4) is 0 Å². The third kappa shape index (κ3) is 2.11. The van der Waals surface area contributed by atoms with Gasteiger partial charge in [-0.3, -0.25) is 0 Å². The quantitative estimate of drug-likeness (QED) is 0.409. The highest BCUT2D eigenvalue weighted by Gasteiger charge is 2.76. The second kappa shape index (κ2) is 5.91. The molecule has 0 aromatic heterocycles. The minimum absolute atomic E-state index is 0.525. The number of halogens is 5. The summed E-state index contributed by atoms with van der Waals surface area (Å²) in [5.74, 6) is 0. The van der Waals surface area contributed by atoms with E-state index in [9.17, 15) is 13.2 Å². The highest BCUT2D eigenvalue weighted by molar-refractivity contribution is 6.34. The van der Waals surface area contributed by atoms with Crippen LogP contribution >= 0.6 is 23.2 Å². The fourth-order valence-corrected chi connectivity index (χ4v) is 5.96. The van der Waals surface area contributed by atoms with Gasteiger partial charge in [-0.2, -0.15) is 13.2 Å². The number of hydrogen-bond donors (Lipinski definition) is 0. The van der Waals surface area contributed by atoms with Crippen molar-refractivity contribution in [1.29, 1.82) is 0 Å². The van der Waals surface area contributed by atoms with E-state index >= 15 is 0 Å². The zero-order valence-corrected chi connectivity index (χ0v) is 18.4. The first-order chi connectivity index (χ1) is 11.5. The molecule has 0 amide bonds. The van der Waals surface area contributed by atoms with Gasteiger partial charge < -0.3 is 0 Å². The lowest BCUT2D eigenvalue weighted by Crippen LogP contribution is -2.64. The second-order valence-electron chi connectivity index (χ2n) is 7.94. The van der Waals surface area contributed by atoms with Gasteiger partial charge in [0.05, 0.1) is 0 Å². The minimum Gasteiger partial charge on any atom is -0.170 e. The number of allylic oxidation sites excluding steroid dienone is 8. The van der Waals surface area contributed by atoms with E-state index in [2.05, 4.69) is 0 Å². The van der Waals surface area contributed by atoms with Gasteiger partial charge in [-0.15, -0.1) is 23.2 Å². The summed E-state index contributed by atoms with van der Waals surface area (Å²) in [5, 5.41) is 0. The van der Waals surface area contributed by atoms with Crippen LogP contribution in [0.4, 0.5) is 13.2 Å². The van der Waals surface area contributed by atoms with Crippen LogP contribution in [0.25, 0.3) is 0 Å². The van der Waals surface area contributed by atoms with Gasteiger partial charge >= 0.3 is 6.18 Å². The maximum Gasteiger partial charge on any atom is 0.398 e. The molecule has 0 N–H and O–H groups in total. The van der Waals surface area contributed by atoms with E-state index in [0.29, 0.717) is 22.3 Å². The maximum absolute atomic E-state index is 14.8. The fraction of sp³-hybridized carbons (Fsp3) is 0.619. The van der Waals surface area contributed by atoms with Gasteiger partial charge in [0.15, 0.2) is 0 Å². The minimum atomic E-state index is -4.63. The van der Waals surface area contributed by atoms with Crippen molar-refractivity contribution in [2.75, 3.05) is 0 Å². The molecule has 0 bridgehead atoms. The first-order valence-electron chi connectivity index (χ1n) is 8.69. The van der Waals surface area contributed by atoms with Crippen LogP contribution in [-0.4, -0.2) is 15.9 Å². The zero-order chi connectivity index (χ0) is 20.6. The fourth-order valence-electron chi connectivity index (χ4n) is 4.85. The molecule has 0 radical (unpaired) electrons. The Balaban J connectivity index is 3.01. The van der Waals surface area contributed by atoms with Gasteiger partial charge in [0.2, 0.25) is 0 Å². The molecule has 0 aliphatic heterocycles. The third-order valence-electron chi connectivity index (χ3n) is 7.39. The van der Waals surface area contributed by atoms with E-state index in [1.54, 1.807) is 27.7 Å². The van der Waals surface area contributed by atoms with Crippen LogP contribution in [0.2, 0.25) is 0 Å². The van der Waals surface area contributed by atoms with E-state index in [4.69, 9.17) is 23.2 Å². The highest BCUT2D eigenvalue weighted by atomic mass is 35.5. The van der Waals surface area contributed by atoms with Crippen LogP contribution in [0.3, 0.4) is 0 Å². The third-order valence-corrected chi connectivity index (χ3v) is 9.28. The predicted octanol–water partition coefficient (Wildman–Crippen LogP) is 7.88. The predicted molar refractivity (Wildman–Crippen MR) is 105 cm³/mol. The number of hydrogen-bond acceptors (Lipinski definition) is 0. The molecule has 0 saturated carbocycles. The van der Waals surface area contributed by atoms with Crippen molar-refractivity contribution >= 4 is 23.2 Å². The zero-order valence-electron chi connectivity index (χ0n) is 16.9. The molecule has 0 saturated heterocycles. The van der Waals surface area contributed by atoms with E-state index in [-0.39, 0.29) is 0 Å². The molecule has 0 spiro atoms.